The highest BCUT2D eigenvalue weighted by Gasteiger charge is 2.15. The van der Waals surface area contributed by atoms with Crippen molar-refractivity contribution < 1.29 is 14.3 Å². The number of carbonyl (C=O) groups is 1. The van der Waals surface area contributed by atoms with Crippen molar-refractivity contribution in [3.63, 3.8) is 0 Å². The second-order valence-electron chi connectivity index (χ2n) is 5.65. The van der Waals surface area contributed by atoms with Gasteiger partial charge in [0.25, 0.3) is 0 Å². The first-order valence-electron chi connectivity index (χ1n) is 6.75. The summed E-state index contributed by atoms with van der Waals surface area (Å²) in [5.74, 6) is 1.92. The second kappa shape index (κ2) is 6.31. The molecule has 110 valence electrons. The molecular weight excluding hydrogens is 266 g/mol. The minimum atomic E-state index is -0.473. The molecule has 0 unspecified atom stereocenters. The predicted molar refractivity (Wildman–Crippen MR) is 81.9 cm³/mol. The molecule has 0 saturated carbocycles. The Bertz CT molecular complexity index is 586. The average Bonchev–Trinajstić information content (AvgIpc) is 2.40. The maximum Gasteiger partial charge on any atom is 0.413 e. The zero-order valence-corrected chi connectivity index (χ0v) is 12.4. The normalized spacial score (nSPS) is 10.8. The van der Waals surface area contributed by atoms with E-state index in [1.54, 1.807) is 24.3 Å². The van der Waals surface area contributed by atoms with E-state index in [-0.39, 0.29) is 5.54 Å². The van der Waals surface area contributed by atoms with E-state index in [2.05, 4.69) is 5.32 Å². The Morgan fingerprint density at radius 2 is 1.38 bits per heavy atom. The van der Waals surface area contributed by atoms with Gasteiger partial charge in [0.2, 0.25) is 0 Å². The molecule has 0 aromatic heterocycles. The van der Waals surface area contributed by atoms with Crippen molar-refractivity contribution in [3.8, 4) is 17.2 Å². The molecular formula is C17H19NO3. The Morgan fingerprint density at radius 1 is 0.857 bits per heavy atom. The van der Waals surface area contributed by atoms with Crippen molar-refractivity contribution in [1.29, 1.82) is 0 Å². The minimum absolute atomic E-state index is 0.326. The van der Waals surface area contributed by atoms with Crippen LogP contribution in [0, 0.1) is 0 Å². The molecule has 4 heteroatoms. The van der Waals surface area contributed by atoms with Gasteiger partial charge in [0.1, 0.15) is 17.2 Å². The number of rotatable bonds is 3. The van der Waals surface area contributed by atoms with Crippen LogP contribution in [0.1, 0.15) is 20.8 Å². The molecule has 0 aliphatic heterocycles. The van der Waals surface area contributed by atoms with E-state index < -0.39 is 6.09 Å². The standard InChI is InChI=1S/C17H19NO3/c1-17(2,3)18-16(19)21-15-11-9-14(10-12-15)20-13-7-5-4-6-8-13/h4-12H,1-3H3,(H,18,19). The van der Waals surface area contributed by atoms with E-state index in [0.717, 1.165) is 5.75 Å². The number of amides is 1. The largest absolute Gasteiger partial charge is 0.457 e. The molecule has 0 bridgehead atoms. The SMILES string of the molecule is CC(C)(C)NC(=O)Oc1ccc(Oc2ccccc2)cc1. The monoisotopic (exact) mass is 285 g/mol. The molecule has 2 aromatic rings. The van der Waals surface area contributed by atoms with Gasteiger partial charge in [0, 0.05) is 5.54 Å². The highest BCUT2D eigenvalue weighted by molar-refractivity contribution is 5.71. The molecule has 0 aliphatic rings. The lowest BCUT2D eigenvalue weighted by atomic mass is 10.1. The summed E-state index contributed by atoms with van der Waals surface area (Å²) >= 11 is 0. The molecule has 1 N–H and O–H groups in total. The lowest BCUT2D eigenvalue weighted by Gasteiger charge is -2.19. The van der Waals surface area contributed by atoms with Gasteiger partial charge in [-0.2, -0.15) is 0 Å². The van der Waals surface area contributed by atoms with Gasteiger partial charge < -0.3 is 14.8 Å². The lowest BCUT2D eigenvalue weighted by Crippen LogP contribution is -2.42. The number of hydrogen-bond acceptors (Lipinski definition) is 3. The van der Waals surface area contributed by atoms with Crippen LogP contribution in [0.5, 0.6) is 17.2 Å². The van der Waals surface area contributed by atoms with Crippen LogP contribution in [0.4, 0.5) is 4.79 Å². The van der Waals surface area contributed by atoms with Gasteiger partial charge in [-0.1, -0.05) is 18.2 Å². The third-order valence-corrected chi connectivity index (χ3v) is 2.49. The van der Waals surface area contributed by atoms with E-state index in [1.165, 1.54) is 0 Å². The highest BCUT2D eigenvalue weighted by Crippen LogP contribution is 2.23. The maximum absolute atomic E-state index is 11.6. The molecule has 0 spiro atoms. The van der Waals surface area contributed by atoms with Crippen LogP contribution in [-0.2, 0) is 0 Å². The molecule has 0 saturated heterocycles. The summed E-state index contributed by atoms with van der Waals surface area (Å²) in [4.78, 5) is 11.6. The van der Waals surface area contributed by atoms with Gasteiger partial charge in [0.15, 0.2) is 0 Å². The fourth-order valence-electron chi connectivity index (χ4n) is 1.64. The number of hydrogen-bond donors (Lipinski definition) is 1. The molecule has 0 atom stereocenters. The summed E-state index contributed by atoms with van der Waals surface area (Å²) in [6.45, 7) is 5.68. The van der Waals surface area contributed by atoms with Crippen LogP contribution in [0.15, 0.2) is 54.6 Å². The van der Waals surface area contributed by atoms with Crippen molar-refractivity contribution in [2.75, 3.05) is 0 Å². The summed E-state index contributed by atoms with van der Waals surface area (Å²) in [7, 11) is 0. The summed E-state index contributed by atoms with van der Waals surface area (Å²) in [5.41, 5.74) is -0.326. The first-order chi connectivity index (χ1) is 9.92. The van der Waals surface area contributed by atoms with E-state index in [4.69, 9.17) is 9.47 Å². The average molecular weight is 285 g/mol. The molecule has 0 aliphatic carbocycles. The maximum atomic E-state index is 11.6. The van der Waals surface area contributed by atoms with Crippen LogP contribution in [0.2, 0.25) is 0 Å². The van der Waals surface area contributed by atoms with Gasteiger partial charge in [-0.05, 0) is 57.2 Å². The molecule has 0 heterocycles. The van der Waals surface area contributed by atoms with E-state index in [9.17, 15) is 4.79 Å². The zero-order valence-electron chi connectivity index (χ0n) is 12.4. The number of nitrogens with one attached hydrogen (secondary N) is 1. The second-order valence-corrected chi connectivity index (χ2v) is 5.65. The molecule has 4 nitrogen and oxygen atoms in total. The smallest absolute Gasteiger partial charge is 0.413 e. The third-order valence-electron chi connectivity index (χ3n) is 2.49. The summed E-state index contributed by atoms with van der Waals surface area (Å²) in [5, 5.41) is 2.73. The van der Waals surface area contributed by atoms with Crippen molar-refractivity contribution in [2.45, 2.75) is 26.3 Å². The fraction of sp³-hybridized carbons (Fsp3) is 0.235. The van der Waals surface area contributed by atoms with Crippen molar-refractivity contribution in [1.82, 2.24) is 5.32 Å². The zero-order chi connectivity index (χ0) is 15.3. The Morgan fingerprint density at radius 3 is 1.95 bits per heavy atom. The van der Waals surface area contributed by atoms with Gasteiger partial charge in [0.05, 0.1) is 0 Å². The van der Waals surface area contributed by atoms with Crippen LogP contribution in [0.3, 0.4) is 0 Å². The molecule has 2 aromatic carbocycles. The van der Waals surface area contributed by atoms with E-state index in [1.807, 2.05) is 51.1 Å². The third kappa shape index (κ3) is 5.18. The van der Waals surface area contributed by atoms with Crippen molar-refractivity contribution in [2.24, 2.45) is 0 Å². The van der Waals surface area contributed by atoms with Crippen molar-refractivity contribution >= 4 is 6.09 Å². The molecule has 21 heavy (non-hydrogen) atoms. The van der Waals surface area contributed by atoms with Gasteiger partial charge in [-0.15, -0.1) is 0 Å². The summed E-state index contributed by atoms with van der Waals surface area (Å²) < 4.78 is 10.9. The summed E-state index contributed by atoms with van der Waals surface area (Å²) in [6.07, 6.45) is -0.473. The number of carbonyl (C=O) groups excluding carboxylic acids is 1. The number of ether oxygens (including phenoxy) is 2. The summed E-state index contributed by atoms with van der Waals surface area (Å²) in [6, 6.07) is 16.4. The number of para-hydroxylation sites is 1. The van der Waals surface area contributed by atoms with E-state index >= 15 is 0 Å². The number of benzene rings is 2. The minimum Gasteiger partial charge on any atom is -0.457 e. The molecule has 2 rings (SSSR count). The highest BCUT2D eigenvalue weighted by atomic mass is 16.6. The fourth-order valence-corrected chi connectivity index (χ4v) is 1.64. The quantitative estimate of drug-likeness (QED) is 0.911. The lowest BCUT2D eigenvalue weighted by molar-refractivity contribution is 0.190. The molecule has 1 amide bonds. The molecule has 0 fully saturated rings. The Balaban J connectivity index is 1.95. The first-order valence-corrected chi connectivity index (χ1v) is 6.75. The van der Waals surface area contributed by atoms with Crippen LogP contribution >= 0.6 is 0 Å². The Labute approximate surface area is 124 Å². The predicted octanol–water partition coefficient (Wildman–Crippen LogP) is 4.37. The Kier molecular flexibility index (Phi) is 4.48. The topological polar surface area (TPSA) is 47.6 Å². The Hall–Kier alpha value is -2.49. The van der Waals surface area contributed by atoms with Crippen LogP contribution in [0.25, 0.3) is 0 Å². The van der Waals surface area contributed by atoms with Crippen LogP contribution < -0.4 is 14.8 Å². The van der Waals surface area contributed by atoms with Crippen LogP contribution in [-0.4, -0.2) is 11.6 Å². The van der Waals surface area contributed by atoms with Gasteiger partial charge >= 0.3 is 6.09 Å². The molecule has 0 radical (unpaired) electrons. The van der Waals surface area contributed by atoms with Gasteiger partial charge in [-0.25, -0.2) is 4.79 Å². The van der Waals surface area contributed by atoms with Crippen molar-refractivity contribution in [3.05, 3.63) is 54.6 Å². The van der Waals surface area contributed by atoms with Gasteiger partial charge in [-0.3, -0.25) is 0 Å². The first kappa shape index (κ1) is 14.9. The van der Waals surface area contributed by atoms with E-state index in [0.29, 0.717) is 11.5 Å².